The number of aliphatic hydroxyl groups excluding tert-OH is 1. The van der Waals surface area contributed by atoms with Crippen molar-refractivity contribution in [2.75, 3.05) is 11.9 Å². The lowest BCUT2D eigenvalue weighted by atomic mass is 10.2. The molecular formula is C10H19N3O. The summed E-state index contributed by atoms with van der Waals surface area (Å²) in [6.45, 7) is 6.20. The molecule has 0 aliphatic heterocycles. The highest BCUT2D eigenvalue weighted by Gasteiger charge is 2.17. The first-order chi connectivity index (χ1) is 6.49. The van der Waals surface area contributed by atoms with Crippen molar-refractivity contribution in [1.29, 1.82) is 0 Å². The van der Waals surface area contributed by atoms with Crippen molar-refractivity contribution in [3.63, 3.8) is 0 Å². The molecule has 0 spiro atoms. The fourth-order valence-electron chi connectivity index (χ4n) is 1.56. The maximum Gasteiger partial charge on any atom is 0.132 e. The number of aryl methyl sites for hydroxylation is 2. The monoisotopic (exact) mass is 197 g/mol. The third kappa shape index (κ3) is 1.75. The lowest BCUT2D eigenvalue weighted by Gasteiger charge is -2.24. The van der Waals surface area contributed by atoms with E-state index in [0.717, 1.165) is 17.1 Å². The molecule has 1 N–H and O–H groups in total. The summed E-state index contributed by atoms with van der Waals surface area (Å²) < 4.78 is 1.82. The zero-order valence-corrected chi connectivity index (χ0v) is 9.57. The van der Waals surface area contributed by atoms with E-state index in [2.05, 4.69) is 23.8 Å². The molecule has 0 aliphatic carbocycles. The average Bonchev–Trinajstić information content (AvgIpc) is 2.38. The van der Waals surface area contributed by atoms with Gasteiger partial charge in [0.1, 0.15) is 5.82 Å². The Kier molecular flexibility index (Phi) is 3.16. The summed E-state index contributed by atoms with van der Waals surface area (Å²) in [5, 5.41) is 13.6. The molecule has 0 saturated heterocycles. The highest BCUT2D eigenvalue weighted by atomic mass is 16.3. The van der Waals surface area contributed by atoms with Crippen LogP contribution in [0.1, 0.15) is 25.1 Å². The van der Waals surface area contributed by atoms with Gasteiger partial charge in [-0.2, -0.15) is 5.10 Å². The maximum absolute atomic E-state index is 9.26. The normalized spacial score (nSPS) is 11.1. The van der Waals surface area contributed by atoms with E-state index in [1.807, 2.05) is 25.7 Å². The smallest absolute Gasteiger partial charge is 0.132 e. The second-order valence-electron chi connectivity index (χ2n) is 3.87. The highest BCUT2D eigenvalue weighted by Crippen LogP contribution is 2.23. The number of anilines is 1. The van der Waals surface area contributed by atoms with Gasteiger partial charge in [-0.3, -0.25) is 4.68 Å². The predicted molar refractivity (Wildman–Crippen MR) is 57.4 cm³/mol. The van der Waals surface area contributed by atoms with Crippen LogP contribution >= 0.6 is 0 Å². The fourth-order valence-corrected chi connectivity index (χ4v) is 1.56. The van der Waals surface area contributed by atoms with Gasteiger partial charge in [0.25, 0.3) is 0 Å². The number of hydrogen-bond acceptors (Lipinski definition) is 3. The van der Waals surface area contributed by atoms with Gasteiger partial charge < -0.3 is 10.0 Å². The molecule has 0 fully saturated rings. The van der Waals surface area contributed by atoms with Crippen molar-refractivity contribution in [3.05, 3.63) is 11.3 Å². The van der Waals surface area contributed by atoms with Crippen molar-refractivity contribution in [2.45, 2.75) is 33.4 Å². The van der Waals surface area contributed by atoms with E-state index >= 15 is 0 Å². The molecule has 0 aromatic carbocycles. The van der Waals surface area contributed by atoms with Crippen molar-refractivity contribution in [3.8, 4) is 0 Å². The molecule has 1 heterocycles. The molecule has 4 heteroatoms. The van der Waals surface area contributed by atoms with Gasteiger partial charge in [-0.05, 0) is 20.8 Å². The van der Waals surface area contributed by atoms with E-state index in [-0.39, 0.29) is 6.61 Å². The van der Waals surface area contributed by atoms with Crippen LogP contribution in [-0.2, 0) is 13.7 Å². The Hall–Kier alpha value is -1.03. The molecule has 1 aromatic rings. The molecule has 80 valence electrons. The van der Waals surface area contributed by atoms with Crippen LogP contribution < -0.4 is 4.90 Å². The zero-order valence-electron chi connectivity index (χ0n) is 9.57. The second-order valence-corrected chi connectivity index (χ2v) is 3.87. The van der Waals surface area contributed by atoms with Crippen LogP contribution in [0.4, 0.5) is 5.82 Å². The summed E-state index contributed by atoms with van der Waals surface area (Å²) >= 11 is 0. The Bertz CT molecular complexity index is 317. The van der Waals surface area contributed by atoms with Crippen LogP contribution in [0.25, 0.3) is 0 Å². The third-order valence-electron chi connectivity index (χ3n) is 2.58. The van der Waals surface area contributed by atoms with E-state index in [4.69, 9.17) is 0 Å². The summed E-state index contributed by atoms with van der Waals surface area (Å²) in [4.78, 5) is 2.12. The Morgan fingerprint density at radius 2 is 2.07 bits per heavy atom. The summed E-state index contributed by atoms with van der Waals surface area (Å²) in [7, 11) is 3.92. The van der Waals surface area contributed by atoms with Gasteiger partial charge in [-0.1, -0.05) is 0 Å². The largest absolute Gasteiger partial charge is 0.391 e. The molecule has 0 unspecified atom stereocenters. The average molecular weight is 197 g/mol. The van der Waals surface area contributed by atoms with Gasteiger partial charge in [0.2, 0.25) is 0 Å². The van der Waals surface area contributed by atoms with E-state index in [1.54, 1.807) is 0 Å². The molecule has 0 aliphatic rings. The van der Waals surface area contributed by atoms with E-state index < -0.39 is 0 Å². The van der Waals surface area contributed by atoms with Gasteiger partial charge in [-0.15, -0.1) is 0 Å². The first-order valence-corrected chi connectivity index (χ1v) is 4.85. The summed E-state index contributed by atoms with van der Waals surface area (Å²) in [6, 6.07) is 0.398. The lowest BCUT2D eigenvalue weighted by molar-refractivity contribution is 0.281. The third-order valence-corrected chi connectivity index (χ3v) is 2.58. The molecular weight excluding hydrogens is 178 g/mol. The fraction of sp³-hybridized carbons (Fsp3) is 0.700. The molecule has 0 bridgehead atoms. The molecule has 0 saturated carbocycles. The Morgan fingerprint density at radius 3 is 2.50 bits per heavy atom. The molecule has 1 rings (SSSR count). The minimum atomic E-state index is 0.0477. The number of rotatable bonds is 3. The van der Waals surface area contributed by atoms with Crippen molar-refractivity contribution in [2.24, 2.45) is 7.05 Å². The molecule has 0 atom stereocenters. The van der Waals surface area contributed by atoms with Crippen LogP contribution in [0.2, 0.25) is 0 Å². The number of aliphatic hydroxyl groups is 1. The number of hydrogen-bond donors (Lipinski definition) is 1. The van der Waals surface area contributed by atoms with Crippen LogP contribution in [-0.4, -0.2) is 28.0 Å². The molecule has 0 radical (unpaired) electrons. The summed E-state index contributed by atoms with van der Waals surface area (Å²) in [5.74, 6) is 1.00. The van der Waals surface area contributed by atoms with Crippen LogP contribution in [0.5, 0.6) is 0 Å². The molecule has 4 nitrogen and oxygen atoms in total. The Morgan fingerprint density at radius 1 is 1.50 bits per heavy atom. The number of nitrogens with zero attached hydrogens (tertiary/aromatic N) is 3. The van der Waals surface area contributed by atoms with E-state index in [1.165, 1.54) is 0 Å². The van der Waals surface area contributed by atoms with Gasteiger partial charge in [0.15, 0.2) is 0 Å². The van der Waals surface area contributed by atoms with Crippen molar-refractivity contribution in [1.82, 2.24) is 9.78 Å². The number of aromatic nitrogens is 2. The summed E-state index contributed by atoms with van der Waals surface area (Å²) in [6.07, 6.45) is 0. The molecule has 14 heavy (non-hydrogen) atoms. The van der Waals surface area contributed by atoms with Crippen LogP contribution in [0.15, 0.2) is 0 Å². The zero-order chi connectivity index (χ0) is 10.9. The van der Waals surface area contributed by atoms with Gasteiger partial charge in [-0.25, -0.2) is 0 Å². The maximum atomic E-state index is 9.26. The predicted octanol–water partition coefficient (Wildman–Crippen LogP) is 1.07. The Labute approximate surface area is 85.1 Å². The van der Waals surface area contributed by atoms with Crippen molar-refractivity contribution >= 4 is 5.82 Å². The molecule has 0 amide bonds. The van der Waals surface area contributed by atoms with Gasteiger partial charge in [0, 0.05) is 25.7 Å². The SMILES string of the molecule is Cc1nn(C)c(N(C)C(C)C)c1CO. The van der Waals surface area contributed by atoms with Gasteiger partial charge in [0.05, 0.1) is 12.3 Å². The highest BCUT2D eigenvalue weighted by molar-refractivity contribution is 5.49. The minimum absolute atomic E-state index is 0.0477. The topological polar surface area (TPSA) is 41.3 Å². The van der Waals surface area contributed by atoms with Crippen molar-refractivity contribution < 1.29 is 5.11 Å². The standard InChI is InChI=1S/C10H19N3O/c1-7(2)12(4)10-9(6-14)8(3)11-13(10)5/h7,14H,6H2,1-5H3. The van der Waals surface area contributed by atoms with E-state index in [0.29, 0.717) is 6.04 Å². The first kappa shape index (κ1) is 11.0. The van der Waals surface area contributed by atoms with Gasteiger partial charge >= 0.3 is 0 Å². The van der Waals surface area contributed by atoms with Crippen LogP contribution in [0.3, 0.4) is 0 Å². The first-order valence-electron chi connectivity index (χ1n) is 4.85. The Balaban J connectivity index is 3.17. The molecule has 1 aromatic heterocycles. The second kappa shape index (κ2) is 4.00. The minimum Gasteiger partial charge on any atom is -0.391 e. The summed E-state index contributed by atoms with van der Waals surface area (Å²) in [5.41, 5.74) is 1.82. The van der Waals surface area contributed by atoms with Crippen LogP contribution in [0, 0.1) is 6.92 Å². The quantitative estimate of drug-likeness (QED) is 0.788. The lowest BCUT2D eigenvalue weighted by Crippen LogP contribution is -2.28. The van der Waals surface area contributed by atoms with E-state index in [9.17, 15) is 5.11 Å².